The second kappa shape index (κ2) is 5.94. The molecule has 0 saturated heterocycles. The lowest BCUT2D eigenvalue weighted by atomic mass is 9.92. The number of allylic oxidation sites excluding steroid dienone is 1. The van der Waals surface area contributed by atoms with Gasteiger partial charge in [0.05, 0.1) is 17.2 Å². The predicted molar refractivity (Wildman–Crippen MR) is 97.9 cm³/mol. The summed E-state index contributed by atoms with van der Waals surface area (Å²) in [6.45, 7) is 0. The predicted octanol–water partition coefficient (Wildman–Crippen LogP) is 1.39. The Morgan fingerprint density at radius 3 is 2.96 bits per heavy atom. The first kappa shape index (κ1) is 15.2. The molecule has 25 heavy (non-hydrogen) atoms. The van der Waals surface area contributed by atoms with Crippen molar-refractivity contribution in [2.45, 2.75) is 19.3 Å². The molecular weight excluding hydrogens is 316 g/mol. The number of anilines is 3. The third-order valence-corrected chi connectivity index (χ3v) is 4.59. The normalized spacial score (nSPS) is 15.3. The van der Waals surface area contributed by atoms with Crippen molar-refractivity contribution in [1.82, 2.24) is 15.0 Å². The average Bonchev–Trinajstić information content (AvgIpc) is 3.01. The number of nitrogens with zero attached hydrogens (tertiary/aromatic N) is 2. The standard InChI is InChI=1S/C18H18N6O/c19-7-11-6-12(2-3-14(11)20)23-17-16-13-5-10(8-25)1-4-15(13)24-18(16)22-9-21-17/h2-3,6-9,19,25H,1,4-5,20H2,(H2,21,22,23,24)/p+1/b10-8+,19-7?. The van der Waals surface area contributed by atoms with Crippen molar-refractivity contribution in [3.8, 4) is 0 Å². The maximum atomic E-state index is 9.37. The molecular formula is C18H19N6O+. The van der Waals surface area contributed by atoms with Crippen LogP contribution < -0.4 is 16.5 Å². The zero-order valence-electron chi connectivity index (χ0n) is 13.6. The number of hydrogen-bond donors (Lipinski definition) is 5. The van der Waals surface area contributed by atoms with Crippen LogP contribution in [0.15, 0.2) is 36.4 Å². The van der Waals surface area contributed by atoms with Gasteiger partial charge in [-0.2, -0.15) is 0 Å². The Labute approximate surface area is 144 Å². The monoisotopic (exact) mass is 335 g/mol. The molecule has 2 aromatic heterocycles. The number of aromatic amines is 1. The van der Waals surface area contributed by atoms with Crippen molar-refractivity contribution in [2.75, 3.05) is 11.1 Å². The molecule has 0 aliphatic heterocycles. The van der Waals surface area contributed by atoms with Crippen molar-refractivity contribution >= 4 is 34.4 Å². The highest BCUT2D eigenvalue weighted by Gasteiger charge is 2.21. The number of H-pyrrole nitrogens is 1. The Kier molecular flexibility index (Phi) is 3.61. The summed E-state index contributed by atoms with van der Waals surface area (Å²) in [7, 11) is 0. The summed E-state index contributed by atoms with van der Waals surface area (Å²) in [5.74, 6) is 0.717. The first-order valence-corrected chi connectivity index (χ1v) is 8.07. The number of aromatic nitrogens is 3. The number of nitrogen functional groups attached to an aromatic ring is 1. The van der Waals surface area contributed by atoms with Crippen LogP contribution in [0.25, 0.3) is 11.0 Å². The van der Waals surface area contributed by atoms with Gasteiger partial charge in [0.1, 0.15) is 17.8 Å². The van der Waals surface area contributed by atoms with E-state index in [1.165, 1.54) is 18.8 Å². The highest BCUT2D eigenvalue weighted by atomic mass is 16.2. The second-order valence-electron chi connectivity index (χ2n) is 6.13. The van der Waals surface area contributed by atoms with Crippen molar-refractivity contribution in [2.24, 2.45) is 0 Å². The van der Waals surface area contributed by atoms with E-state index in [2.05, 4.69) is 20.3 Å². The maximum Gasteiger partial charge on any atom is 0.169 e. The smallest absolute Gasteiger partial charge is 0.169 e. The molecule has 1 aliphatic rings. The lowest BCUT2D eigenvalue weighted by Gasteiger charge is -2.15. The molecule has 7 heteroatoms. The zero-order valence-corrected chi connectivity index (χ0v) is 13.6. The van der Waals surface area contributed by atoms with E-state index >= 15 is 0 Å². The molecule has 2 heterocycles. The van der Waals surface area contributed by atoms with Crippen molar-refractivity contribution in [3.63, 3.8) is 0 Å². The van der Waals surface area contributed by atoms with Crippen molar-refractivity contribution < 1.29 is 10.5 Å². The van der Waals surface area contributed by atoms with Gasteiger partial charge in [0.25, 0.3) is 0 Å². The van der Waals surface area contributed by atoms with E-state index in [-0.39, 0.29) is 0 Å². The van der Waals surface area contributed by atoms with Crippen LogP contribution in [0, 0.1) is 0 Å². The van der Waals surface area contributed by atoms with E-state index in [1.807, 2.05) is 12.1 Å². The topological polar surface area (TPSA) is 125 Å². The first-order valence-electron chi connectivity index (χ1n) is 8.07. The van der Waals surface area contributed by atoms with Crippen LogP contribution in [-0.2, 0) is 12.8 Å². The van der Waals surface area contributed by atoms with Gasteiger partial charge in [-0.15, -0.1) is 0 Å². The summed E-state index contributed by atoms with van der Waals surface area (Å²) < 4.78 is 0. The van der Waals surface area contributed by atoms with Crippen molar-refractivity contribution in [3.05, 3.63) is 53.2 Å². The third-order valence-electron chi connectivity index (χ3n) is 4.59. The van der Waals surface area contributed by atoms with Gasteiger partial charge < -0.3 is 21.1 Å². The molecule has 0 radical (unpaired) electrons. The van der Waals surface area contributed by atoms with Crippen molar-refractivity contribution in [1.29, 1.82) is 0 Å². The minimum Gasteiger partial charge on any atom is -0.516 e. The second-order valence-corrected chi connectivity index (χ2v) is 6.13. The van der Waals surface area contributed by atoms with Gasteiger partial charge in [-0.3, -0.25) is 5.41 Å². The SMILES string of the molecule is Nc1ccc(Nc2ncnc3[nH]c4c(c23)C/C(=C/O)CC4)cc1C=[NH2+]. The molecule has 0 bridgehead atoms. The molecule has 126 valence electrons. The summed E-state index contributed by atoms with van der Waals surface area (Å²) in [6.07, 6.45) is 6.61. The molecule has 0 unspecified atom stereocenters. The van der Waals surface area contributed by atoms with Gasteiger partial charge in [0, 0.05) is 17.1 Å². The van der Waals surface area contributed by atoms with E-state index in [9.17, 15) is 5.11 Å². The van der Waals surface area contributed by atoms with Crippen LogP contribution >= 0.6 is 0 Å². The van der Waals surface area contributed by atoms with Gasteiger partial charge in [-0.05, 0) is 48.6 Å². The number of hydrogen-bond acceptors (Lipinski definition) is 5. The van der Waals surface area contributed by atoms with Gasteiger partial charge in [-0.25, -0.2) is 9.97 Å². The van der Waals surface area contributed by atoms with Crippen LogP contribution in [0.4, 0.5) is 17.2 Å². The minimum absolute atomic E-state index is 0.623. The molecule has 7 N–H and O–H groups in total. The quantitative estimate of drug-likeness (QED) is 0.281. The zero-order chi connectivity index (χ0) is 17.4. The Balaban J connectivity index is 1.80. The molecule has 1 aliphatic carbocycles. The number of aryl methyl sites for hydroxylation is 1. The fraction of sp³-hybridized carbons (Fsp3) is 0.167. The fourth-order valence-corrected chi connectivity index (χ4v) is 3.28. The molecule has 1 aromatic carbocycles. The fourth-order valence-electron chi connectivity index (χ4n) is 3.28. The number of rotatable bonds is 3. The molecule has 7 nitrogen and oxygen atoms in total. The van der Waals surface area contributed by atoms with E-state index in [1.54, 1.807) is 6.07 Å². The van der Waals surface area contributed by atoms with Crippen LogP contribution in [0.5, 0.6) is 0 Å². The molecule has 0 saturated carbocycles. The van der Waals surface area contributed by atoms with Gasteiger partial charge in [0.2, 0.25) is 0 Å². The summed E-state index contributed by atoms with van der Waals surface area (Å²) >= 11 is 0. The summed E-state index contributed by atoms with van der Waals surface area (Å²) in [5.41, 5.74) is 12.2. The number of aliphatic hydroxyl groups excluding tert-OH is 1. The Morgan fingerprint density at radius 1 is 1.28 bits per heavy atom. The minimum atomic E-state index is 0.623. The highest BCUT2D eigenvalue weighted by Crippen LogP contribution is 2.34. The Bertz CT molecular complexity index is 1000. The van der Waals surface area contributed by atoms with Gasteiger partial charge in [-0.1, -0.05) is 0 Å². The van der Waals surface area contributed by atoms with E-state index in [4.69, 9.17) is 11.1 Å². The first-order chi connectivity index (χ1) is 12.2. The van der Waals surface area contributed by atoms with Gasteiger partial charge >= 0.3 is 0 Å². The number of benzene rings is 1. The van der Waals surface area contributed by atoms with Crippen LogP contribution in [-0.4, -0.2) is 26.3 Å². The number of nitrogens with one attached hydrogen (secondary N) is 2. The maximum absolute atomic E-state index is 9.37. The summed E-state index contributed by atoms with van der Waals surface area (Å²) in [6, 6.07) is 5.56. The Hall–Kier alpha value is -3.35. The molecule has 0 atom stereocenters. The number of nitrogens with two attached hydrogens (primary N) is 2. The molecule has 4 rings (SSSR count). The van der Waals surface area contributed by atoms with E-state index < -0.39 is 0 Å². The highest BCUT2D eigenvalue weighted by molar-refractivity contribution is 5.94. The lowest BCUT2D eigenvalue weighted by Crippen LogP contribution is -2.30. The van der Waals surface area contributed by atoms with Crippen LogP contribution in [0.3, 0.4) is 0 Å². The van der Waals surface area contributed by atoms with E-state index in [0.717, 1.165) is 57.8 Å². The largest absolute Gasteiger partial charge is 0.516 e. The lowest BCUT2D eigenvalue weighted by molar-refractivity contribution is -0.104. The van der Waals surface area contributed by atoms with Gasteiger partial charge in [0.15, 0.2) is 6.21 Å². The molecule has 3 aromatic rings. The van der Waals surface area contributed by atoms with Crippen LogP contribution in [0.2, 0.25) is 0 Å². The molecule has 0 spiro atoms. The average molecular weight is 335 g/mol. The number of fused-ring (bicyclic) bond motifs is 3. The van der Waals surface area contributed by atoms with Crippen LogP contribution in [0.1, 0.15) is 23.2 Å². The Morgan fingerprint density at radius 2 is 2.16 bits per heavy atom. The third kappa shape index (κ3) is 2.59. The molecule has 0 fully saturated rings. The molecule has 0 amide bonds. The summed E-state index contributed by atoms with van der Waals surface area (Å²) in [4.78, 5) is 12.1. The van der Waals surface area contributed by atoms with E-state index in [0.29, 0.717) is 12.1 Å². The number of aliphatic hydroxyl groups is 1. The summed E-state index contributed by atoms with van der Waals surface area (Å²) in [5, 5.41) is 19.3.